The highest BCUT2D eigenvalue weighted by Crippen LogP contribution is 2.53. The molecule has 110 valence electrons. The van der Waals surface area contributed by atoms with Crippen LogP contribution in [0.5, 0.6) is 0 Å². The molecule has 1 amide bonds. The highest BCUT2D eigenvalue weighted by molar-refractivity contribution is 5.92. The quantitative estimate of drug-likeness (QED) is 0.868. The Morgan fingerprint density at radius 1 is 1.40 bits per heavy atom. The van der Waals surface area contributed by atoms with E-state index < -0.39 is 0 Å². The summed E-state index contributed by atoms with van der Waals surface area (Å²) in [6, 6.07) is 0.229. The van der Waals surface area contributed by atoms with E-state index in [-0.39, 0.29) is 17.5 Å². The van der Waals surface area contributed by atoms with Crippen molar-refractivity contribution in [2.45, 2.75) is 64.5 Å². The van der Waals surface area contributed by atoms with Gasteiger partial charge in [0.25, 0.3) is 5.91 Å². The van der Waals surface area contributed by atoms with Crippen molar-refractivity contribution >= 4 is 5.91 Å². The lowest BCUT2D eigenvalue weighted by atomic mass is 9.84. The number of nitrogens with zero attached hydrogens (tertiary/aromatic N) is 3. The first kappa shape index (κ1) is 13.6. The minimum atomic E-state index is -0.0578. The highest BCUT2D eigenvalue weighted by atomic mass is 16.2. The van der Waals surface area contributed by atoms with Gasteiger partial charge in [-0.1, -0.05) is 12.1 Å². The van der Waals surface area contributed by atoms with Gasteiger partial charge in [-0.3, -0.25) is 4.79 Å². The molecule has 0 spiro atoms. The predicted octanol–water partition coefficient (Wildman–Crippen LogP) is 2.56. The van der Waals surface area contributed by atoms with Crippen molar-refractivity contribution in [1.29, 1.82) is 0 Å². The third-order valence-corrected chi connectivity index (χ3v) is 4.81. The zero-order valence-corrected chi connectivity index (χ0v) is 12.6. The maximum atomic E-state index is 12.5. The summed E-state index contributed by atoms with van der Waals surface area (Å²) < 4.78 is 1.73. The zero-order valence-electron chi connectivity index (χ0n) is 12.6. The second-order valence-corrected chi connectivity index (χ2v) is 6.57. The standard InChI is InChI=1S/C15H24N4O/c1-4-15(11-5-6-11,12-7-8-12)16-14(20)13-9-19(10(2)3)18-17-13/h9-12H,4-8H2,1-3H3,(H,16,20). The molecule has 20 heavy (non-hydrogen) atoms. The van der Waals surface area contributed by atoms with Gasteiger partial charge in [-0.25, -0.2) is 4.68 Å². The van der Waals surface area contributed by atoms with Crippen molar-refractivity contribution in [3.05, 3.63) is 11.9 Å². The van der Waals surface area contributed by atoms with Gasteiger partial charge in [-0.15, -0.1) is 5.10 Å². The largest absolute Gasteiger partial charge is 0.345 e. The third kappa shape index (κ3) is 2.34. The first-order valence-corrected chi connectivity index (χ1v) is 7.81. The average molecular weight is 276 g/mol. The normalized spacial score (nSPS) is 19.4. The van der Waals surface area contributed by atoms with E-state index in [1.807, 2.05) is 13.8 Å². The van der Waals surface area contributed by atoms with Crippen LogP contribution in [-0.2, 0) is 0 Å². The van der Waals surface area contributed by atoms with Crippen LogP contribution in [0.3, 0.4) is 0 Å². The molecule has 5 heteroatoms. The van der Waals surface area contributed by atoms with Gasteiger partial charge in [0.2, 0.25) is 0 Å². The number of aromatic nitrogens is 3. The van der Waals surface area contributed by atoms with Gasteiger partial charge >= 0.3 is 0 Å². The fourth-order valence-electron chi connectivity index (χ4n) is 3.31. The van der Waals surface area contributed by atoms with Gasteiger partial charge in [0.1, 0.15) is 0 Å². The predicted molar refractivity (Wildman–Crippen MR) is 76.3 cm³/mol. The Hall–Kier alpha value is -1.39. The Kier molecular flexibility index (Phi) is 3.30. The van der Waals surface area contributed by atoms with Gasteiger partial charge in [0.05, 0.1) is 6.20 Å². The SMILES string of the molecule is CCC(NC(=O)c1cn(C(C)C)nn1)(C1CC1)C1CC1. The molecule has 1 aromatic heterocycles. The molecule has 1 heterocycles. The molecule has 0 bridgehead atoms. The van der Waals surface area contributed by atoms with Crippen LogP contribution in [0.4, 0.5) is 0 Å². The molecule has 0 atom stereocenters. The van der Waals surface area contributed by atoms with Crippen LogP contribution in [0.1, 0.15) is 69.4 Å². The monoisotopic (exact) mass is 276 g/mol. The summed E-state index contributed by atoms with van der Waals surface area (Å²) in [5, 5.41) is 11.4. The van der Waals surface area contributed by atoms with Crippen molar-refractivity contribution in [1.82, 2.24) is 20.3 Å². The van der Waals surface area contributed by atoms with Crippen LogP contribution in [0.2, 0.25) is 0 Å². The summed E-state index contributed by atoms with van der Waals surface area (Å²) in [5.41, 5.74) is 0.455. The highest BCUT2D eigenvalue weighted by Gasteiger charge is 2.53. The van der Waals surface area contributed by atoms with Crippen molar-refractivity contribution in [2.24, 2.45) is 11.8 Å². The molecule has 1 N–H and O–H groups in total. The summed E-state index contributed by atoms with van der Waals surface area (Å²) in [7, 11) is 0. The number of rotatable bonds is 6. The Balaban J connectivity index is 1.76. The molecule has 2 aliphatic carbocycles. The second kappa shape index (κ2) is 4.86. The van der Waals surface area contributed by atoms with Crippen LogP contribution in [0.25, 0.3) is 0 Å². The van der Waals surface area contributed by atoms with Crippen LogP contribution >= 0.6 is 0 Å². The zero-order chi connectivity index (χ0) is 14.3. The molecule has 2 fully saturated rings. The van der Waals surface area contributed by atoms with E-state index in [0.717, 1.165) is 6.42 Å². The molecule has 0 saturated heterocycles. The number of carbonyl (C=O) groups excluding carboxylic acids is 1. The first-order chi connectivity index (χ1) is 9.56. The molecule has 0 aliphatic heterocycles. The molecule has 0 radical (unpaired) electrons. The fraction of sp³-hybridized carbons (Fsp3) is 0.800. The minimum absolute atomic E-state index is 0.0126. The topological polar surface area (TPSA) is 59.8 Å². The van der Waals surface area contributed by atoms with Gasteiger partial charge in [-0.05, 0) is 57.8 Å². The Morgan fingerprint density at radius 2 is 2.00 bits per heavy atom. The van der Waals surface area contributed by atoms with Gasteiger partial charge in [-0.2, -0.15) is 0 Å². The molecule has 2 aliphatic rings. The summed E-state index contributed by atoms with van der Waals surface area (Å²) in [4.78, 5) is 12.5. The van der Waals surface area contributed by atoms with Gasteiger partial charge in [0.15, 0.2) is 5.69 Å². The van der Waals surface area contributed by atoms with Crippen LogP contribution in [0.15, 0.2) is 6.20 Å². The third-order valence-electron chi connectivity index (χ3n) is 4.81. The summed E-state index contributed by atoms with van der Waals surface area (Å²) in [6.45, 7) is 6.25. The first-order valence-electron chi connectivity index (χ1n) is 7.81. The molecule has 2 saturated carbocycles. The molecule has 0 unspecified atom stereocenters. The summed E-state index contributed by atoms with van der Waals surface area (Å²) in [5.74, 6) is 1.28. The van der Waals surface area contributed by atoms with Crippen molar-refractivity contribution in [2.75, 3.05) is 0 Å². The molecular formula is C15H24N4O. The summed E-state index contributed by atoms with van der Waals surface area (Å²) in [6.07, 6.45) is 7.78. The van der Waals surface area contributed by atoms with E-state index in [2.05, 4.69) is 22.6 Å². The lowest BCUT2D eigenvalue weighted by Crippen LogP contribution is -2.52. The second-order valence-electron chi connectivity index (χ2n) is 6.57. The molecule has 1 aromatic rings. The van der Waals surface area contributed by atoms with Crippen molar-refractivity contribution in [3.8, 4) is 0 Å². The van der Waals surface area contributed by atoms with Crippen LogP contribution in [-0.4, -0.2) is 26.4 Å². The molecule has 3 rings (SSSR count). The van der Waals surface area contributed by atoms with Gasteiger partial charge in [0, 0.05) is 11.6 Å². The average Bonchev–Trinajstić information content (AvgIpc) is 3.33. The maximum Gasteiger partial charge on any atom is 0.273 e. The number of nitrogens with one attached hydrogen (secondary N) is 1. The van der Waals surface area contributed by atoms with E-state index in [9.17, 15) is 4.79 Å². The summed E-state index contributed by atoms with van der Waals surface area (Å²) >= 11 is 0. The lowest BCUT2D eigenvalue weighted by molar-refractivity contribution is 0.0854. The number of amides is 1. The minimum Gasteiger partial charge on any atom is -0.345 e. The Bertz CT molecular complexity index is 488. The van der Waals surface area contributed by atoms with Crippen molar-refractivity contribution < 1.29 is 4.79 Å². The fourth-order valence-corrected chi connectivity index (χ4v) is 3.31. The molecule has 0 aromatic carbocycles. The number of hydrogen-bond donors (Lipinski definition) is 1. The van der Waals surface area contributed by atoms with Crippen LogP contribution in [0, 0.1) is 11.8 Å². The maximum absolute atomic E-state index is 12.5. The van der Waals surface area contributed by atoms with Gasteiger partial charge < -0.3 is 5.32 Å². The van der Waals surface area contributed by atoms with Crippen molar-refractivity contribution in [3.63, 3.8) is 0 Å². The van der Waals surface area contributed by atoms with E-state index >= 15 is 0 Å². The van der Waals surface area contributed by atoms with E-state index in [0.29, 0.717) is 17.5 Å². The molecule has 5 nitrogen and oxygen atoms in total. The van der Waals surface area contributed by atoms with E-state index in [4.69, 9.17) is 0 Å². The lowest BCUT2D eigenvalue weighted by Gasteiger charge is -2.34. The number of carbonyl (C=O) groups is 1. The van der Waals surface area contributed by atoms with E-state index in [1.54, 1.807) is 10.9 Å². The van der Waals surface area contributed by atoms with Crippen LogP contribution < -0.4 is 5.32 Å². The Labute approximate surface area is 120 Å². The number of hydrogen-bond acceptors (Lipinski definition) is 3. The van der Waals surface area contributed by atoms with E-state index in [1.165, 1.54) is 25.7 Å². The smallest absolute Gasteiger partial charge is 0.273 e. The Morgan fingerprint density at radius 3 is 2.40 bits per heavy atom. The molecular weight excluding hydrogens is 252 g/mol.